The summed E-state index contributed by atoms with van der Waals surface area (Å²) in [5.41, 5.74) is -0.0546. The van der Waals surface area contributed by atoms with Gasteiger partial charge in [0, 0.05) is 56.8 Å². The molecule has 0 radical (unpaired) electrons. The van der Waals surface area contributed by atoms with Crippen LogP contribution in [0.5, 0.6) is 11.8 Å². The number of carbonyl (C=O) groups excluding carboxylic acids is 1. The first-order valence-corrected chi connectivity index (χ1v) is 17.6. The van der Waals surface area contributed by atoms with Crippen molar-refractivity contribution < 1.29 is 38.4 Å². The monoisotopic (exact) mass is 723 g/mol. The molecule has 2 N–H and O–H groups in total. The number of carboxylic acids is 1. The number of anilines is 1. The summed E-state index contributed by atoms with van der Waals surface area (Å²) >= 11 is 6.85. The standard InChI is InChI=1S/C37H43ClFN5O7/c1-37(2,3)51-36(48)44-16-14-43(15-17-44)34-28-21-29(38)31(27-20-24(45)19-23-7-4-5-8-26(23)27)32(39)33(28)40-35(41-34)49-18-6-11-42-12-9-25(10-13-42)50-22-30(46)47/h4-5,7-8,19-21,25,45H,6,9-18,22H2,1-3H3,(H,46,47). The summed E-state index contributed by atoms with van der Waals surface area (Å²) in [5.74, 6) is -1.21. The number of piperidine rings is 1. The van der Waals surface area contributed by atoms with Crippen LogP contribution < -0.4 is 9.64 Å². The molecule has 0 bridgehead atoms. The predicted octanol–water partition coefficient (Wildman–Crippen LogP) is 6.34. The molecule has 0 aliphatic carbocycles. The molecule has 0 unspecified atom stereocenters. The fourth-order valence-corrected chi connectivity index (χ4v) is 6.88. The van der Waals surface area contributed by atoms with Crippen LogP contribution in [0.3, 0.4) is 0 Å². The van der Waals surface area contributed by atoms with Crippen LogP contribution in [0.25, 0.3) is 32.8 Å². The van der Waals surface area contributed by atoms with Crippen LogP contribution in [0.4, 0.5) is 15.0 Å². The number of aliphatic carboxylic acids is 1. The van der Waals surface area contributed by atoms with Gasteiger partial charge in [-0.3, -0.25) is 0 Å². The van der Waals surface area contributed by atoms with Gasteiger partial charge in [-0.2, -0.15) is 9.97 Å². The molecular weight excluding hydrogens is 681 g/mol. The SMILES string of the molecule is CC(C)(C)OC(=O)N1CCN(c2nc(OCCCN3CCC(OCC(=O)O)CC3)nc3c(F)c(-c4cc(O)cc5ccccc45)c(Cl)cc23)CC1. The first-order valence-electron chi connectivity index (χ1n) is 17.2. The van der Waals surface area contributed by atoms with E-state index in [9.17, 15) is 14.7 Å². The lowest BCUT2D eigenvalue weighted by Crippen LogP contribution is -2.50. The number of aromatic hydroxyl groups is 1. The van der Waals surface area contributed by atoms with Crippen molar-refractivity contribution in [1.29, 1.82) is 0 Å². The highest BCUT2D eigenvalue weighted by molar-refractivity contribution is 6.35. The molecular formula is C37H43ClFN5O7. The van der Waals surface area contributed by atoms with Gasteiger partial charge in [-0.25, -0.2) is 14.0 Å². The number of fused-ring (bicyclic) bond motifs is 2. The largest absolute Gasteiger partial charge is 0.508 e. The number of piperazine rings is 1. The molecule has 0 atom stereocenters. The van der Waals surface area contributed by atoms with Crippen molar-refractivity contribution in [3.63, 3.8) is 0 Å². The van der Waals surface area contributed by atoms with Crippen molar-refractivity contribution in [2.24, 2.45) is 0 Å². The number of aromatic nitrogens is 2. The summed E-state index contributed by atoms with van der Waals surface area (Å²) in [6.07, 6.45) is 1.72. The van der Waals surface area contributed by atoms with Crippen molar-refractivity contribution in [1.82, 2.24) is 19.8 Å². The average Bonchev–Trinajstić information content (AvgIpc) is 3.09. The molecule has 12 nitrogen and oxygen atoms in total. The van der Waals surface area contributed by atoms with Crippen molar-refractivity contribution >= 4 is 51.2 Å². The summed E-state index contributed by atoms with van der Waals surface area (Å²) in [6.45, 7) is 9.36. The number of benzene rings is 3. The lowest BCUT2D eigenvalue weighted by atomic mass is 9.96. The zero-order valence-electron chi connectivity index (χ0n) is 29.0. The van der Waals surface area contributed by atoms with Gasteiger partial charge >= 0.3 is 18.1 Å². The van der Waals surface area contributed by atoms with E-state index in [1.165, 1.54) is 6.07 Å². The number of rotatable bonds is 10. The van der Waals surface area contributed by atoms with Gasteiger partial charge in [0.05, 0.1) is 17.7 Å². The molecule has 3 heterocycles. The maximum Gasteiger partial charge on any atom is 0.410 e. The number of amides is 1. The zero-order chi connectivity index (χ0) is 36.3. The van der Waals surface area contributed by atoms with Crippen molar-refractivity contribution in [2.45, 2.75) is 51.7 Å². The molecule has 51 heavy (non-hydrogen) atoms. The van der Waals surface area contributed by atoms with E-state index in [-0.39, 0.29) is 47.2 Å². The first kappa shape index (κ1) is 36.3. The third-order valence-electron chi connectivity index (χ3n) is 9.02. The number of carboxylic acid groups (broad SMARTS) is 1. The van der Waals surface area contributed by atoms with Crippen molar-refractivity contribution in [3.05, 3.63) is 53.3 Å². The van der Waals surface area contributed by atoms with Crippen molar-refractivity contribution in [3.8, 4) is 22.9 Å². The Morgan fingerprint density at radius 2 is 1.73 bits per heavy atom. The van der Waals surface area contributed by atoms with Gasteiger partial charge < -0.3 is 39.1 Å². The number of nitrogens with zero attached hydrogens (tertiary/aromatic N) is 5. The van der Waals surface area contributed by atoms with Gasteiger partial charge in [-0.15, -0.1) is 0 Å². The van der Waals surface area contributed by atoms with Crippen LogP contribution >= 0.6 is 11.6 Å². The fourth-order valence-electron chi connectivity index (χ4n) is 6.58. The van der Waals surface area contributed by atoms with E-state index in [0.717, 1.165) is 43.2 Å². The zero-order valence-corrected chi connectivity index (χ0v) is 29.8. The Labute approximate surface area is 300 Å². The molecule has 2 aliphatic heterocycles. The van der Waals surface area contributed by atoms with E-state index < -0.39 is 23.5 Å². The summed E-state index contributed by atoms with van der Waals surface area (Å²) < 4.78 is 33.9. The Morgan fingerprint density at radius 3 is 2.43 bits per heavy atom. The van der Waals surface area contributed by atoms with Crippen molar-refractivity contribution in [2.75, 3.05) is 63.9 Å². The number of phenolic OH excluding ortho intramolecular Hbond substituents is 1. The van der Waals surface area contributed by atoms with Gasteiger partial charge in [-0.1, -0.05) is 35.9 Å². The molecule has 0 saturated carbocycles. The van der Waals surface area contributed by atoms with Gasteiger partial charge in [0.1, 0.15) is 29.3 Å². The van der Waals surface area contributed by atoms with Crippen LogP contribution in [0.2, 0.25) is 5.02 Å². The molecule has 4 aromatic rings. The maximum atomic E-state index is 16.8. The Kier molecular flexibility index (Phi) is 11.0. The molecule has 1 amide bonds. The Morgan fingerprint density at radius 1 is 1.00 bits per heavy atom. The molecule has 6 rings (SSSR count). The van der Waals surface area contributed by atoms with E-state index in [1.54, 1.807) is 17.0 Å². The maximum absolute atomic E-state index is 16.8. The Balaban J connectivity index is 1.26. The molecule has 2 aliphatic rings. The van der Waals surface area contributed by atoms with Crippen LogP contribution in [-0.2, 0) is 14.3 Å². The fraction of sp³-hybridized carbons (Fsp3) is 0.459. The summed E-state index contributed by atoms with van der Waals surface area (Å²) in [4.78, 5) is 38.8. The highest BCUT2D eigenvalue weighted by Crippen LogP contribution is 2.42. The van der Waals surface area contributed by atoms with Gasteiger partial charge in [0.2, 0.25) is 0 Å². The molecule has 2 fully saturated rings. The van der Waals surface area contributed by atoms with Gasteiger partial charge in [-0.05, 0) is 74.6 Å². The second kappa shape index (κ2) is 15.4. The Bertz CT molecular complexity index is 1910. The third kappa shape index (κ3) is 8.71. The summed E-state index contributed by atoms with van der Waals surface area (Å²) in [5, 5.41) is 21.4. The molecule has 272 valence electrons. The minimum absolute atomic E-state index is 0.0146. The molecule has 14 heteroatoms. The van der Waals surface area contributed by atoms with E-state index in [4.69, 9.17) is 35.9 Å². The second-order valence-electron chi connectivity index (χ2n) is 13.9. The lowest BCUT2D eigenvalue weighted by Gasteiger charge is -2.36. The minimum Gasteiger partial charge on any atom is -0.508 e. The normalized spacial score (nSPS) is 16.2. The highest BCUT2D eigenvalue weighted by atomic mass is 35.5. The van der Waals surface area contributed by atoms with Gasteiger partial charge in [0.15, 0.2) is 5.82 Å². The first-order chi connectivity index (χ1) is 24.4. The topological polar surface area (TPSA) is 138 Å². The third-order valence-corrected chi connectivity index (χ3v) is 9.31. The average molecular weight is 724 g/mol. The number of ether oxygens (including phenoxy) is 3. The summed E-state index contributed by atoms with van der Waals surface area (Å²) in [7, 11) is 0. The number of carbonyl (C=O) groups is 2. The summed E-state index contributed by atoms with van der Waals surface area (Å²) in [6, 6.07) is 12.1. The number of hydrogen-bond donors (Lipinski definition) is 2. The van der Waals surface area contributed by atoms with E-state index in [2.05, 4.69) is 9.88 Å². The number of likely N-dealkylation sites (tertiary alicyclic amines) is 1. The number of phenols is 1. The molecule has 3 aromatic carbocycles. The molecule has 1 aromatic heterocycles. The van der Waals surface area contributed by atoms with Crippen LogP contribution in [0.15, 0.2) is 42.5 Å². The second-order valence-corrected chi connectivity index (χ2v) is 14.3. The van der Waals surface area contributed by atoms with Crippen LogP contribution in [0.1, 0.15) is 40.0 Å². The van der Waals surface area contributed by atoms with E-state index in [0.29, 0.717) is 49.4 Å². The number of hydrogen-bond acceptors (Lipinski definition) is 10. The minimum atomic E-state index is -0.969. The van der Waals surface area contributed by atoms with Crippen LogP contribution in [0, 0.1) is 5.82 Å². The number of halogens is 2. The predicted molar refractivity (Wildman–Crippen MR) is 192 cm³/mol. The van der Waals surface area contributed by atoms with Gasteiger partial charge in [0.25, 0.3) is 0 Å². The smallest absolute Gasteiger partial charge is 0.410 e. The lowest BCUT2D eigenvalue weighted by molar-refractivity contribution is -0.145. The molecule has 2 saturated heterocycles. The quantitative estimate of drug-likeness (QED) is 0.177. The highest BCUT2D eigenvalue weighted by Gasteiger charge is 2.29. The van der Waals surface area contributed by atoms with E-state index >= 15 is 4.39 Å². The molecule has 0 spiro atoms. The van der Waals surface area contributed by atoms with E-state index in [1.807, 2.05) is 49.9 Å². The van der Waals surface area contributed by atoms with Crippen LogP contribution in [-0.4, -0.2) is 113 Å². The Hall–Kier alpha value is -4.46.